The Morgan fingerprint density at radius 3 is 3.00 bits per heavy atom. The fourth-order valence-electron chi connectivity index (χ4n) is 1.31. The van der Waals surface area contributed by atoms with E-state index in [4.69, 9.17) is 4.84 Å². The van der Waals surface area contributed by atoms with Crippen molar-refractivity contribution in [1.82, 2.24) is 30.3 Å². The molecular weight excluding hydrogens is 220 g/mol. The molecule has 0 spiro atoms. The van der Waals surface area contributed by atoms with Crippen LogP contribution in [0.5, 0.6) is 0 Å². The highest BCUT2D eigenvalue weighted by Crippen LogP contribution is 2.04. The van der Waals surface area contributed by atoms with Crippen molar-refractivity contribution in [3.8, 4) is 0 Å². The van der Waals surface area contributed by atoms with Crippen molar-refractivity contribution in [2.24, 2.45) is 0 Å². The molecule has 0 N–H and O–H groups in total. The topological polar surface area (TPSA) is 69.0 Å². The third kappa shape index (κ3) is 3.30. The van der Waals surface area contributed by atoms with Crippen LogP contribution in [0.4, 0.5) is 0 Å². The molecule has 0 aliphatic heterocycles. The summed E-state index contributed by atoms with van der Waals surface area (Å²) in [5, 5.41) is 13.1. The molecule has 0 radical (unpaired) electrons. The monoisotopic (exact) mass is 234 g/mol. The lowest BCUT2D eigenvalue weighted by Gasteiger charge is -2.10. The predicted molar refractivity (Wildman–Crippen MR) is 59.6 cm³/mol. The number of tetrazole rings is 1. The molecule has 7 heteroatoms. The van der Waals surface area contributed by atoms with Gasteiger partial charge in [0.25, 0.3) is 0 Å². The number of rotatable bonds is 5. The van der Waals surface area contributed by atoms with Gasteiger partial charge in [-0.2, -0.15) is 5.06 Å². The van der Waals surface area contributed by atoms with Crippen molar-refractivity contribution in [2.45, 2.75) is 13.2 Å². The Kier molecular flexibility index (Phi) is 3.73. The van der Waals surface area contributed by atoms with Crippen LogP contribution < -0.4 is 0 Å². The number of aromatic nitrogens is 5. The van der Waals surface area contributed by atoms with E-state index >= 15 is 0 Å². The molecule has 90 valence electrons. The van der Waals surface area contributed by atoms with E-state index in [2.05, 4.69) is 20.5 Å². The first-order chi connectivity index (χ1) is 8.25. The number of nitrogens with zero attached hydrogens (tertiary/aromatic N) is 6. The summed E-state index contributed by atoms with van der Waals surface area (Å²) >= 11 is 0. The molecule has 0 fully saturated rings. The summed E-state index contributed by atoms with van der Waals surface area (Å²) in [6.45, 7) is 0.301. The molecule has 0 aliphatic rings. The lowest BCUT2D eigenvalue weighted by Crippen LogP contribution is -2.18. The predicted octanol–water partition coefficient (Wildman–Crippen LogP) is 0.110. The lowest BCUT2D eigenvalue weighted by molar-refractivity contribution is -0.156. The molecule has 0 bridgehead atoms. The Hall–Kier alpha value is -1.86. The molecule has 0 amide bonds. The van der Waals surface area contributed by atoms with E-state index in [1.807, 2.05) is 26.2 Å². The molecule has 0 aromatic carbocycles. The van der Waals surface area contributed by atoms with E-state index in [1.165, 1.54) is 0 Å². The number of hydrogen-bond donors (Lipinski definition) is 0. The summed E-state index contributed by atoms with van der Waals surface area (Å²) in [4.78, 5) is 9.35. The van der Waals surface area contributed by atoms with E-state index in [9.17, 15) is 0 Å². The molecule has 2 rings (SSSR count). The third-order valence-corrected chi connectivity index (χ3v) is 2.13. The highest BCUT2D eigenvalue weighted by molar-refractivity contribution is 5.13. The number of pyridine rings is 1. The van der Waals surface area contributed by atoms with Gasteiger partial charge in [-0.15, -0.1) is 5.10 Å². The average molecular weight is 234 g/mol. The van der Waals surface area contributed by atoms with Crippen molar-refractivity contribution in [2.75, 3.05) is 14.1 Å². The van der Waals surface area contributed by atoms with Crippen LogP contribution in [-0.2, 0) is 18.0 Å². The number of hydroxylamine groups is 2. The van der Waals surface area contributed by atoms with Crippen molar-refractivity contribution in [1.29, 1.82) is 0 Å². The SMILES string of the molecule is CN(C)OCn1nnnc1Cc1cccnc1. The maximum atomic E-state index is 5.30. The standard InChI is InChI=1S/C10H14N6O/c1-15(2)17-8-16-10(12-13-14-16)6-9-4-3-5-11-7-9/h3-5,7H,6,8H2,1-2H3. The van der Waals surface area contributed by atoms with E-state index in [0.717, 1.165) is 11.4 Å². The molecule has 0 unspecified atom stereocenters. The lowest BCUT2D eigenvalue weighted by atomic mass is 10.2. The molecule has 0 aliphatic carbocycles. The molecule has 0 saturated heterocycles. The van der Waals surface area contributed by atoms with Crippen molar-refractivity contribution < 1.29 is 4.84 Å². The zero-order valence-corrected chi connectivity index (χ0v) is 9.82. The first-order valence-electron chi connectivity index (χ1n) is 5.20. The largest absolute Gasteiger partial charge is 0.276 e. The zero-order valence-electron chi connectivity index (χ0n) is 9.82. The van der Waals surface area contributed by atoms with Crippen LogP contribution in [0.2, 0.25) is 0 Å². The van der Waals surface area contributed by atoms with Crippen LogP contribution in [-0.4, -0.2) is 44.3 Å². The summed E-state index contributed by atoms with van der Waals surface area (Å²) in [5.41, 5.74) is 1.06. The minimum absolute atomic E-state index is 0.301. The summed E-state index contributed by atoms with van der Waals surface area (Å²) in [7, 11) is 3.62. The van der Waals surface area contributed by atoms with Gasteiger partial charge in [-0.3, -0.25) is 9.82 Å². The van der Waals surface area contributed by atoms with Gasteiger partial charge in [0.2, 0.25) is 0 Å². The molecule has 0 atom stereocenters. The van der Waals surface area contributed by atoms with Crippen LogP contribution >= 0.6 is 0 Å². The van der Waals surface area contributed by atoms with E-state index in [0.29, 0.717) is 13.2 Å². The smallest absolute Gasteiger partial charge is 0.164 e. The van der Waals surface area contributed by atoms with E-state index in [1.54, 1.807) is 22.1 Å². The first kappa shape index (κ1) is 11.6. The van der Waals surface area contributed by atoms with Gasteiger partial charge < -0.3 is 0 Å². The van der Waals surface area contributed by atoms with Gasteiger partial charge in [-0.05, 0) is 22.1 Å². The van der Waals surface area contributed by atoms with Crippen molar-refractivity contribution >= 4 is 0 Å². The Morgan fingerprint density at radius 2 is 2.29 bits per heavy atom. The Morgan fingerprint density at radius 1 is 1.41 bits per heavy atom. The normalized spacial score (nSPS) is 11.0. The summed E-state index contributed by atoms with van der Waals surface area (Å²) in [6, 6.07) is 3.87. The van der Waals surface area contributed by atoms with Gasteiger partial charge in [0, 0.05) is 32.9 Å². The zero-order chi connectivity index (χ0) is 12.1. The Balaban J connectivity index is 2.04. The molecule has 7 nitrogen and oxygen atoms in total. The van der Waals surface area contributed by atoms with Crippen LogP contribution in [0.1, 0.15) is 11.4 Å². The molecule has 17 heavy (non-hydrogen) atoms. The number of hydrogen-bond acceptors (Lipinski definition) is 6. The van der Waals surface area contributed by atoms with E-state index in [-0.39, 0.29) is 0 Å². The van der Waals surface area contributed by atoms with Crippen LogP contribution in [0.15, 0.2) is 24.5 Å². The second kappa shape index (κ2) is 5.46. The average Bonchev–Trinajstić information content (AvgIpc) is 2.75. The summed E-state index contributed by atoms with van der Waals surface area (Å²) in [5.74, 6) is 0.750. The molecule has 2 aromatic rings. The fourth-order valence-corrected chi connectivity index (χ4v) is 1.31. The highest BCUT2D eigenvalue weighted by atomic mass is 16.7. The maximum Gasteiger partial charge on any atom is 0.164 e. The molecular formula is C10H14N6O. The van der Waals surface area contributed by atoms with Crippen molar-refractivity contribution in [3.05, 3.63) is 35.9 Å². The van der Waals surface area contributed by atoms with Crippen LogP contribution in [0.25, 0.3) is 0 Å². The van der Waals surface area contributed by atoms with Gasteiger partial charge >= 0.3 is 0 Å². The van der Waals surface area contributed by atoms with Crippen LogP contribution in [0.3, 0.4) is 0 Å². The first-order valence-corrected chi connectivity index (χ1v) is 5.20. The van der Waals surface area contributed by atoms with Gasteiger partial charge in [0.15, 0.2) is 12.6 Å². The third-order valence-electron chi connectivity index (χ3n) is 2.13. The Labute approximate surface area is 99.0 Å². The van der Waals surface area contributed by atoms with Gasteiger partial charge in [0.05, 0.1) is 0 Å². The van der Waals surface area contributed by atoms with Gasteiger partial charge in [-0.25, -0.2) is 4.68 Å². The van der Waals surface area contributed by atoms with Gasteiger partial charge in [0.1, 0.15) is 0 Å². The van der Waals surface area contributed by atoms with Crippen molar-refractivity contribution in [3.63, 3.8) is 0 Å². The van der Waals surface area contributed by atoms with Crippen LogP contribution in [0, 0.1) is 0 Å². The van der Waals surface area contributed by atoms with Gasteiger partial charge in [-0.1, -0.05) is 6.07 Å². The Bertz CT molecular complexity index is 455. The summed E-state index contributed by atoms with van der Waals surface area (Å²) < 4.78 is 1.62. The second-order valence-electron chi connectivity index (χ2n) is 3.70. The minimum atomic E-state index is 0.301. The quantitative estimate of drug-likeness (QED) is 0.684. The molecule has 2 heterocycles. The highest BCUT2D eigenvalue weighted by Gasteiger charge is 2.07. The maximum absolute atomic E-state index is 5.30. The minimum Gasteiger partial charge on any atom is -0.276 e. The molecule has 0 saturated carbocycles. The molecule has 2 aromatic heterocycles. The fraction of sp³-hybridized carbons (Fsp3) is 0.400. The second-order valence-corrected chi connectivity index (χ2v) is 3.70. The van der Waals surface area contributed by atoms with E-state index < -0.39 is 0 Å². The summed E-state index contributed by atoms with van der Waals surface area (Å²) in [6.07, 6.45) is 4.17.